The zero-order valence-corrected chi connectivity index (χ0v) is 10.4. The van der Waals surface area contributed by atoms with Gasteiger partial charge < -0.3 is 9.52 Å². The second-order valence-corrected chi connectivity index (χ2v) is 4.66. The Hall–Kier alpha value is -1.82. The molecule has 5 nitrogen and oxygen atoms in total. The highest BCUT2D eigenvalue weighted by atomic mass is 32.2. The van der Waals surface area contributed by atoms with Crippen molar-refractivity contribution in [2.24, 2.45) is 0 Å². The van der Waals surface area contributed by atoms with Crippen molar-refractivity contribution in [2.75, 3.05) is 5.75 Å². The third kappa shape index (κ3) is 3.89. The van der Waals surface area contributed by atoms with Crippen molar-refractivity contribution in [1.29, 1.82) is 0 Å². The van der Waals surface area contributed by atoms with E-state index in [1.54, 1.807) is 0 Å². The van der Waals surface area contributed by atoms with E-state index in [2.05, 4.69) is 10.2 Å². The highest BCUT2D eigenvalue weighted by molar-refractivity contribution is 7.99. The van der Waals surface area contributed by atoms with Crippen LogP contribution in [0.5, 0.6) is 0 Å². The minimum atomic E-state index is -0.827. The first-order valence-corrected chi connectivity index (χ1v) is 6.43. The molecule has 2 rings (SSSR count). The summed E-state index contributed by atoms with van der Waals surface area (Å²) < 4.78 is 5.42. The number of hydrogen-bond donors (Lipinski definition) is 1. The lowest BCUT2D eigenvalue weighted by Gasteiger charge is -1.95. The monoisotopic (exact) mass is 264 g/mol. The van der Waals surface area contributed by atoms with Crippen LogP contribution in [0.1, 0.15) is 17.9 Å². The van der Waals surface area contributed by atoms with E-state index in [0.29, 0.717) is 23.3 Å². The van der Waals surface area contributed by atoms with Crippen LogP contribution in [0.25, 0.3) is 0 Å². The van der Waals surface area contributed by atoms with E-state index in [9.17, 15) is 4.79 Å². The molecule has 0 aliphatic carbocycles. The predicted molar refractivity (Wildman–Crippen MR) is 66.5 cm³/mol. The van der Waals surface area contributed by atoms with Crippen molar-refractivity contribution in [2.45, 2.75) is 18.1 Å². The van der Waals surface area contributed by atoms with Gasteiger partial charge in [-0.1, -0.05) is 42.1 Å². The van der Waals surface area contributed by atoms with Crippen LogP contribution in [0.15, 0.2) is 40.0 Å². The van der Waals surface area contributed by atoms with Crippen LogP contribution in [0.4, 0.5) is 0 Å². The number of carboxylic acids is 1. The van der Waals surface area contributed by atoms with Gasteiger partial charge in [-0.3, -0.25) is 4.79 Å². The summed E-state index contributed by atoms with van der Waals surface area (Å²) in [6.45, 7) is 0. The summed E-state index contributed by atoms with van der Waals surface area (Å²) in [5, 5.41) is 16.7. The van der Waals surface area contributed by atoms with Gasteiger partial charge in [0.05, 0.1) is 12.8 Å². The summed E-state index contributed by atoms with van der Waals surface area (Å²) in [5.41, 5.74) is 1.10. The predicted octanol–water partition coefficient (Wildman–Crippen LogP) is 2.23. The summed E-state index contributed by atoms with van der Waals surface area (Å²) >= 11 is 1.26. The lowest BCUT2D eigenvalue weighted by atomic mass is 10.2. The number of carbonyl (C=O) groups is 1. The molecule has 0 aliphatic rings. The van der Waals surface area contributed by atoms with Crippen LogP contribution in [-0.2, 0) is 11.2 Å². The molecule has 1 aromatic carbocycles. The molecule has 0 saturated carbocycles. The summed E-state index contributed by atoms with van der Waals surface area (Å²) in [7, 11) is 0. The Kier molecular flexibility index (Phi) is 4.35. The van der Waals surface area contributed by atoms with Gasteiger partial charge >= 0.3 is 5.97 Å². The topological polar surface area (TPSA) is 76.2 Å². The number of aliphatic carboxylic acids is 1. The van der Waals surface area contributed by atoms with Crippen LogP contribution in [0, 0.1) is 0 Å². The first-order chi connectivity index (χ1) is 8.74. The maximum absolute atomic E-state index is 10.4. The van der Waals surface area contributed by atoms with Crippen molar-refractivity contribution >= 4 is 17.7 Å². The van der Waals surface area contributed by atoms with E-state index in [0.717, 1.165) is 5.56 Å². The molecule has 0 amide bonds. The molecule has 0 saturated heterocycles. The van der Waals surface area contributed by atoms with Gasteiger partial charge in [-0.2, -0.15) is 0 Å². The SMILES string of the molecule is O=C(O)CCSc1nnc(Cc2ccccc2)o1. The van der Waals surface area contributed by atoms with Crippen molar-refractivity contribution < 1.29 is 14.3 Å². The molecule has 0 radical (unpaired) electrons. The lowest BCUT2D eigenvalue weighted by Crippen LogP contribution is -1.95. The third-order valence-electron chi connectivity index (χ3n) is 2.19. The normalized spacial score (nSPS) is 10.4. The average Bonchev–Trinajstić information content (AvgIpc) is 2.78. The molecule has 1 N–H and O–H groups in total. The number of thioether (sulfide) groups is 1. The molecule has 0 atom stereocenters. The Balaban J connectivity index is 1.88. The van der Waals surface area contributed by atoms with E-state index in [1.807, 2.05) is 30.3 Å². The molecule has 1 aromatic heterocycles. The number of hydrogen-bond acceptors (Lipinski definition) is 5. The summed E-state index contributed by atoms with van der Waals surface area (Å²) in [6.07, 6.45) is 0.675. The first kappa shape index (κ1) is 12.6. The van der Waals surface area contributed by atoms with E-state index in [1.165, 1.54) is 11.8 Å². The molecule has 0 unspecified atom stereocenters. The Labute approximate surface area is 108 Å². The number of nitrogens with zero attached hydrogens (tertiary/aromatic N) is 2. The van der Waals surface area contributed by atoms with Gasteiger partial charge in [0, 0.05) is 5.75 Å². The Morgan fingerprint density at radius 2 is 2.06 bits per heavy atom. The smallest absolute Gasteiger partial charge is 0.304 e. The Morgan fingerprint density at radius 3 is 2.78 bits per heavy atom. The molecule has 0 fully saturated rings. The Bertz CT molecular complexity index is 513. The fourth-order valence-corrected chi connectivity index (χ4v) is 2.07. The number of aromatic nitrogens is 2. The number of carboxylic acid groups (broad SMARTS) is 1. The molecule has 0 bridgehead atoms. The minimum Gasteiger partial charge on any atom is -0.481 e. The molecular weight excluding hydrogens is 252 g/mol. The van der Waals surface area contributed by atoms with E-state index in [4.69, 9.17) is 9.52 Å². The molecule has 2 aromatic rings. The van der Waals surface area contributed by atoms with Crippen LogP contribution in [0.2, 0.25) is 0 Å². The second-order valence-electron chi connectivity index (χ2n) is 3.62. The van der Waals surface area contributed by atoms with Gasteiger partial charge in [0.2, 0.25) is 5.89 Å². The van der Waals surface area contributed by atoms with Gasteiger partial charge in [-0.05, 0) is 5.56 Å². The Morgan fingerprint density at radius 1 is 1.28 bits per heavy atom. The zero-order chi connectivity index (χ0) is 12.8. The molecule has 1 heterocycles. The van der Waals surface area contributed by atoms with Crippen LogP contribution >= 0.6 is 11.8 Å². The summed E-state index contributed by atoms with van der Waals surface area (Å²) in [4.78, 5) is 10.4. The van der Waals surface area contributed by atoms with Gasteiger partial charge in [0.1, 0.15) is 0 Å². The first-order valence-electron chi connectivity index (χ1n) is 5.45. The fraction of sp³-hybridized carbons (Fsp3) is 0.250. The molecule has 0 spiro atoms. The summed E-state index contributed by atoms with van der Waals surface area (Å²) in [5.74, 6) is 0.146. The molecular formula is C12H12N2O3S. The van der Waals surface area contributed by atoms with Crippen LogP contribution in [-0.4, -0.2) is 27.0 Å². The maximum atomic E-state index is 10.4. The van der Waals surface area contributed by atoms with Gasteiger partial charge in [0.25, 0.3) is 5.22 Å². The lowest BCUT2D eigenvalue weighted by molar-refractivity contribution is -0.136. The van der Waals surface area contributed by atoms with E-state index < -0.39 is 5.97 Å². The molecule has 0 aliphatic heterocycles. The standard InChI is InChI=1S/C12H12N2O3S/c15-11(16)6-7-18-12-14-13-10(17-12)8-9-4-2-1-3-5-9/h1-5H,6-8H2,(H,15,16). The highest BCUT2D eigenvalue weighted by Crippen LogP contribution is 2.18. The molecule has 94 valence electrons. The van der Waals surface area contributed by atoms with E-state index in [-0.39, 0.29) is 6.42 Å². The van der Waals surface area contributed by atoms with Crippen molar-refractivity contribution in [1.82, 2.24) is 10.2 Å². The zero-order valence-electron chi connectivity index (χ0n) is 9.57. The fourth-order valence-electron chi connectivity index (χ4n) is 1.36. The number of benzene rings is 1. The van der Waals surface area contributed by atoms with Crippen molar-refractivity contribution in [3.63, 3.8) is 0 Å². The molecule has 6 heteroatoms. The minimum absolute atomic E-state index is 0.0844. The van der Waals surface area contributed by atoms with Gasteiger partial charge in [-0.25, -0.2) is 0 Å². The van der Waals surface area contributed by atoms with Gasteiger partial charge in [0.15, 0.2) is 0 Å². The average molecular weight is 264 g/mol. The van der Waals surface area contributed by atoms with Crippen molar-refractivity contribution in [3.05, 3.63) is 41.8 Å². The van der Waals surface area contributed by atoms with E-state index >= 15 is 0 Å². The van der Waals surface area contributed by atoms with Crippen LogP contribution < -0.4 is 0 Å². The second kappa shape index (κ2) is 6.20. The summed E-state index contributed by atoms with van der Waals surface area (Å²) in [6, 6.07) is 9.83. The number of rotatable bonds is 6. The maximum Gasteiger partial charge on any atom is 0.304 e. The quantitative estimate of drug-likeness (QED) is 0.806. The largest absolute Gasteiger partial charge is 0.481 e. The molecule has 18 heavy (non-hydrogen) atoms. The van der Waals surface area contributed by atoms with Crippen LogP contribution in [0.3, 0.4) is 0 Å². The van der Waals surface area contributed by atoms with Gasteiger partial charge in [-0.15, -0.1) is 10.2 Å². The highest BCUT2D eigenvalue weighted by Gasteiger charge is 2.08. The van der Waals surface area contributed by atoms with Crippen molar-refractivity contribution in [3.8, 4) is 0 Å². The third-order valence-corrected chi connectivity index (χ3v) is 3.01.